The Kier molecular flexibility index (Phi) is 7.94. The van der Waals surface area contributed by atoms with Crippen LogP contribution in [0.3, 0.4) is 0 Å². The Balaban J connectivity index is 1.75. The normalized spacial score (nSPS) is 17.1. The standard InChI is InChI=1S/C23H29N5O6S2/c1-5-6-18-16-27(13-14-28(18)17-7-9-19(10-8-17)35(24,30)31)36(32,33)20-11-12-21(25-15-20)26-22(29)34-23(2,3)4/h7-12,15,18H,13-14,16H2,1-4H3,(H2,24,30,31)(H,25,26,29)/t18-/m0/s1. The van der Waals surface area contributed by atoms with Crippen LogP contribution in [0.25, 0.3) is 0 Å². The van der Waals surface area contributed by atoms with E-state index in [1.807, 2.05) is 4.90 Å². The number of nitrogens with two attached hydrogens (primary N) is 1. The van der Waals surface area contributed by atoms with Crippen LogP contribution in [0, 0.1) is 11.8 Å². The van der Waals surface area contributed by atoms with Crippen LogP contribution >= 0.6 is 0 Å². The van der Waals surface area contributed by atoms with E-state index in [0.717, 1.165) is 0 Å². The fourth-order valence-corrected chi connectivity index (χ4v) is 5.47. The third-order valence-corrected chi connectivity index (χ3v) is 7.93. The molecule has 1 amide bonds. The van der Waals surface area contributed by atoms with Gasteiger partial charge in [0.05, 0.1) is 4.90 Å². The fraction of sp³-hybridized carbons (Fsp3) is 0.391. The molecule has 1 saturated heterocycles. The molecule has 1 aromatic carbocycles. The largest absolute Gasteiger partial charge is 0.444 e. The predicted molar refractivity (Wildman–Crippen MR) is 135 cm³/mol. The van der Waals surface area contributed by atoms with Crippen molar-refractivity contribution in [3.8, 4) is 11.8 Å². The number of ether oxygens (including phenoxy) is 1. The summed E-state index contributed by atoms with van der Waals surface area (Å²) in [6, 6.07) is 8.35. The van der Waals surface area contributed by atoms with Crippen molar-refractivity contribution in [2.45, 2.75) is 49.1 Å². The average molecular weight is 536 g/mol. The maximum atomic E-state index is 13.3. The van der Waals surface area contributed by atoms with Crippen molar-refractivity contribution in [3.05, 3.63) is 42.6 Å². The highest BCUT2D eigenvalue weighted by molar-refractivity contribution is 7.89. The van der Waals surface area contributed by atoms with Crippen molar-refractivity contribution in [1.29, 1.82) is 0 Å². The molecule has 0 spiro atoms. The van der Waals surface area contributed by atoms with Crippen LogP contribution in [0.1, 0.15) is 27.7 Å². The lowest BCUT2D eigenvalue weighted by molar-refractivity contribution is 0.0635. The summed E-state index contributed by atoms with van der Waals surface area (Å²) in [7, 11) is -7.70. The lowest BCUT2D eigenvalue weighted by Crippen LogP contribution is -2.54. The van der Waals surface area contributed by atoms with Crippen molar-refractivity contribution in [2.24, 2.45) is 5.14 Å². The second-order valence-electron chi connectivity index (χ2n) is 9.01. The van der Waals surface area contributed by atoms with Crippen LogP contribution in [0.5, 0.6) is 0 Å². The summed E-state index contributed by atoms with van der Waals surface area (Å²) in [6.45, 7) is 7.45. The molecule has 0 radical (unpaired) electrons. The molecule has 0 saturated carbocycles. The van der Waals surface area contributed by atoms with E-state index in [1.54, 1.807) is 39.8 Å². The van der Waals surface area contributed by atoms with Crippen LogP contribution in [0.4, 0.5) is 16.3 Å². The first-order valence-electron chi connectivity index (χ1n) is 11.0. The number of carbonyl (C=O) groups is 1. The Bertz CT molecular complexity index is 1370. The summed E-state index contributed by atoms with van der Waals surface area (Å²) >= 11 is 0. The zero-order valence-electron chi connectivity index (χ0n) is 20.4. The summed E-state index contributed by atoms with van der Waals surface area (Å²) in [5, 5.41) is 7.64. The van der Waals surface area contributed by atoms with E-state index in [-0.39, 0.29) is 28.7 Å². The molecule has 1 atom stereocenters. The zero-order valence-corrected chi connectivity index (χ0v) is 22.1. The average Bonchev–Trinajstić information content (AvgIpc) is 2.78. The Morgan fingerprint density at radius 2 is 1.72 bits per heavy atom. The van der Waals surface area contributed by atoms with E-state index >= 15 is 0 Å². The number of aromatic nitrogens is 1. The van der Waals surface area contributed by atoms with Crippen molar-refractivity contribution in [3.63, 3.8) is 0 Å². The quantitative estimate of drug-likeness (QED) is 0.552. The third kappa shape index (κ3) is 6.73. The number of rotatable bonds is 5. The Morgan fingerprint density at radius 3 is 2.25 bits per heavy atom. The van der Waals surface area contributed by atoms with Gasteiger partial charge in [-0.25, -0.2) is 31.8 Å². The van der Waals surface area contributed by atoms with Gasteiger partial charge >= 0.3 is 6.09 Å². The smallest absolute Gasteiger partial charge is 0.413 e. The van der Waals surface area contributed by atoms with E-state index in [4.69, 9.17) is 9.88 Å². The molecule has 11 nitrogen and oxygen atoms in total. The van der Waals surface area contributed by atoms with Gasteiger partial charge in [0, 0.05) is 31.5 Å². The minimum Gasteiger partial charge on any atom is -0.444 e. The van der Waals surface area contributed by atoms with Crippen molar-refractivity contribution in [1.82, 2.24) is 9.29 Å². The summed E-state index contributed by atoms with van der Waals surface area (Å²) in [5.74, 6) is 6.02. The molecule has 1 aliphatic rings. The van der Waals surface area contributed by atoms with Gasteiger partial charge in [-0.15, -0.1) is 5.92 Å². The SMILES string of the molecule is CC#C[C@H]1CN(S(=O)(=O)c2ccc(NC(=O)OC(C)(C)C)nc2)CCN1c1ccc(S(N)(=O)=O)cc1. The molecule has 1 aliphatic heterocycles. The van der Waals surface area contributed by atoms with Gasteiger partial charge in [0.1, 0.15) is 22.4 Å². The number of piperazine rings is 1. The molecule has 13 heteroatoms. The highest BCUT2D eigenvalue weighted by atomic mass is 32.2. The predicted octanol–water partition coefficient (Wildman–Crippen LogP) is 1.98. The van der Waals surface area contributed by atoms with Gasteiger partial charge in [-0.2, -0.15) is 4.31 Å². The number of anilines is 2. The lowest BCUT2D eigenvalue weighted by Gasteiger charge is -2.39. The summed E-state index contributed by atoms with van der Waals surface area (Å²) in [6.07, 6.45) is 0.487. The Morgan fingerprint density at radius 1 is 1.08 bits per heavy atom. The highest BCUT2D eigenvalue weighted by Crippen LogP contribution is 2.26. The molecule has 1 fully saturated rings. The number of nitrogens with zero attached hydrogens (tertiary/aromatic N) is 3. The number of hydrogen-bond acceptors (Lipinski definition) is 8. The summed E-state index contributed by atoms with van der Waals surface area (Å²) < 4.78 is 56.1. The maximum absolute atomic E-state index is 13.3. The topological polar surface area (TPSA) is 152 Å². The van der Waals surface area contributed by atoms with Crippen LogP contribution in [0.15, 0.2) is 52.4 Å². The second kappa shape index (κ2) is 10.4. The molecule has 194 valence electrons. The van der Waals surface area contributed by atoms with Gasteiger partial charge in [-0.1, -0.05) is 5.92 Å². The number of primary sulfonamides is 1. The van der Waals surface area contributed by atoms with E-state index in [0.29, 0.717) is 12.2 Å². The number of amides is 1. The number of pyridine rings is 1. The van der Waals surface area contributed by atoms with Crippen LogP contribution in [0.2, 0.25) is 0 Å². The first-order chi connectivity index (χ1) is 16.7. The van der Waals surface area contributed by atoms with E-state index in [1.165, 1.54) is 34.8 Å². The first kappa shape index (κ1) is 27.4. The molecule has 2 aromatic rings. The van der Waals surface area contributed by atoms with Crippen molar-refractivity contribution in [2.75, 3.05) is 29.9 Å². The van der Waals surface area contributed by atoms with Crippen LogP contribution < -0.4 is 15.4 Å². The van der Waals surface area contributed by atoms with Crippen molar-refractivity contribution >= 4 is 37.6 Å². The van der Waals surface area contributed by atoms with Gasteiger partial charge in [0.25, 0.3) is 0 Å². The second-order valence-corrected chi connectivity index (χ2v) is 12.5. The number of benzene rings is 1. The third-order valence-electron chi connectivity index (χ3n) is 5.15. The summed E-state index contributed by atoms with van der Waals surface area (Å²) in [5.41, 5.74) is 0.0175. The van der Waals surface area contributed by atoms with Gasteiger partial charge in [-0.3, -0.25) is 5.32 Å². The van der Waals surface area contributed by atoms with Gasteiger partial charge < -0.3 is 9.64 Å². The molecule has 0 aliphatic carbocycles. The van der Waals surface area contributed by atoms with E-state index in [9.17, 15) is 21.6 Å². The highest BCUT2D eigenvalue weighted by Gasteiger charge is 2.34. The van der Waals surface area contributed by atoms with Crippen LogP contribution in [-0.4, -0.2) is 63.5 Å². The molecular weight excluding hydrogens is 506 g/mol. The first-order valence-corrected chi connectivity index (χ1v) is 14.0. The van der Waals surface area contributed by atoms with Crippen LogP contribution in [-0.2, 0) is 24.8 Å². The Hall–Kier alpha value is -3.18. The molecule has 3 rings (SSSR count). The molecule has 0 unspecified atom stereocenters. The number of sulfonamides is 2. The molecule has 0 bridgehead atoms. The summed E-state index contributed by atoms with van der Waals surface area (Å²) in [4.78, 5) is 17.8. The zero-order chi connectivity index (χ0) is 26.7. The molecule has 36 heavy (non-hydrogen) atoms. The molecule has 1 aromatic heterocycles. The molecule has 3 N–H and O–H groups in total. The molecule has 2 heterocycles. The fourth-order valence-electron chi connectivity index (χ4n) is 3.57. The minimum atomic E-state index is -3.88. The number of hydrogen-bond donors (Lipinski definition) is 2. The number of nitrogens with one attached hydrogen (secondary N) is 1. The minimum absolute atomic E-state index is 0.0114. The molecular formula is C23H29N5O6S2. The monoisotopic (exact) mass is 535 g/mol. The van der Waals surface area contributed by atoms with Gasteiger partial charge in [0.2, 0.25) is 20.0 Å². The Labute approximate surface area is 211 Å². The van der Waals surface area contributed by atoms with E-state index in [2.05, 4.69) is 22.1 Å². The van der Waals surface area contributed by atoms with Gasteiger partial charge in [-0.05, 0) is 64.1 Å². The number of carbonyl (C=O) groups excluding carboxylic acids is 1. The lowest BCUT2D eigenvalue weighted by atomic mass is 10.1. The van der Waals surface area contributed by atoms with E-state index < -0.39 is 37.8 Å². The maximum Gasteiger partial charge on any atom is 0.413 e. The van der Waals surface area contributed by atoms with Crippen molar-refractivity contribution < 1.29 is 26.4 Å². The van der Waals surface area contributed by atoms with Gasteiger partial charge in [0.15, 0.2) is 0 Å².